The minimum atomic E-state index is -0.593. The number of urea groups is 1. The van der Waals surface area contributed by atoms with Gasteiger partial charge in [-0.25, -0.2) is 4.79 Å². The zero-order chi connectivity index (χ0) is 14.8. The van der Waals surface area contributed by atoms with Crippen molar-refractivity contribution >= 4 is 22.8 Å². The van der Waals surface area contributed by atoms with E-state index < -0.39 is 6.03 Å². The van der Waals surface area contributed by atoms with Crippen molar-refractivity contribution in [2.45, 2.75) is 6.54 Å². The summed E-state index contributed by atoms with van der Waals surface area (Å²) in [4.78, 5) is 14.0. The number of anilines is 1. The van der Waals surface area contributed by atoms with Crippen molar-refractivity contribution in [1.29, 1.82) is 0 Å². The summed E-state index contributed by atoms with van der Waals surface area (Å²) < 4.78 is 5.76. The average molecular weight is 284 g/mol. The van der Waals surface area contributed by atoms with Gasteiger partial charge in [0.15, 0.2) is 0 Å². The molecule has 0 radical (unpaired) electrons. The predicted octanol–water partition coefficient (Wildman–Crippen LogP) is 2.64. The molecule has 0 aliphatic carbocycles. The minimum absolute atomic E-state index is 0.574. The molecule has 21 heavy (non-hydrogen) atoms. The van der Waals surface area contributed by atoms with E-state index in [1.54, 1.807) is 0 Å². The number of furan rings is 1. The van der Waals surface area contributed by atoms with E-state index in [0.29, 0.717) is 12.4 Å². The minimum Gasteiger partial charge on any atom is -0.460 e. The fraction of sp³-hybridized carbons (Fsp3) is 0.133. The van der Waals surface area contributed by atoms with E-state index in [4.69, 9.17) is 10.2 Å². The molecule has 0 saturated carbocycles. The molecule has 108 valence electrons. The lowest BCUT2D eigenvalue weighted by molar-refractivity contribution is 0.259. The highest BCUT2D eigenvalue weighted by Crippen LogP contribution is 2.27. The van der Waals surface area contributed by atoms with Gasteiger partial charge >= 0.3 is 6.03 Å². The Morgan fingerprint density at radius 1 is 1.29 bits per heavy atom. The number of primary amides is 1. The lowest BCUT2D eigenvalue weighted by atomic mass is 10.1. The predicted molar refractivity (Wildman–Crippen MR) is 82.0 cm³/mol. The molecule has 0 bridgehead atoms. The van der Waals surface area contributed by atoms with Crippen LogP contribution in [0.3, 0.4) is 0 Å². The van der Waals surface area contributed by atoms with Crippen LogP contribution in [0.1, 0.15) is 5.76 Å². The van der Waals surface area contributed by atoms with Gasteiger partial charge in [0.1, 0.15) is 17.3 Å². The summed E-state index contributed by atoms with van der Waals surface area (Å²) in [5, 5.41) is 6.56. The van der Waals surface area contributed by atoms with Gasteiger partial charge in [-0.2, -0.15) is 0 Å². The lowest BCUT2D eigenvalue weighted by Crippen LogP contribution is -2.19. The third-order valence-corrected chi connectivity index (χ3v) is 3.18. The number of benzene rings is 1. The molecular formula is C15H16N4O2. The summed E-state index contributed by atoms with van der Waals surface area (Å²) >= 11 is 0. The Bertz CT molecular complexity index is 788. The van der Waals surface area contributed by atoms with Crippen molar-refractivity contribution in [3.05, 3.63) is 42.2 Å². The van der Waals surface area contributed by atoms with Crippen LogP contribution in [-0.4, -0.2) is 18.1 Å². The number of hydrogen-bond acceptors (Lipinski definition) is 3. The van der Waals surface area contributed by atoms with Crippen LogP contribution in [0.15, 0.2) is 40.8 Å². The van der Waals surface area contributed by atoms with E-state index in [-0.39, 0.29) is 0 Å². The van der Waals surface area contributed by atoms with E-state index in [1.165, 1.54) is 0 Å². The van der Waals surface area contributed by atoms with Gasteiger partial charge in [-0.3, -0.25) is 5.32 Å². The summed E-state index contributed by atoms with van der Waals surface area (Å²) in [6.07, 6.45) is 0. The largest absolute Gasteiger partial charge is 0.460 e. The van der Waals surface area contributed by atoms with E-state index in [1.807, 2.05) is 43.4 Å². The van der Waals surface area contributed by atoms with Crippen LogP contribution in [0.2, 0.25) is 0 Å². The first-order chi connectivity index (χ1) is 10.2. The van der Waals surface area contributed by atoms with Gasteiger partial charge < -0.3 is 20.5 Å². The van der Waals surface area contributed by atoms with Crippen LogP contribution in [-0.2, 0) is 6.54 Å². The van der Waals surface area contributed by atoms with Gasteiger partial charge in [0.2, 0.25) is 0 Å². The standard InChI is InChI=1S/C15H16N4O2/c1-17-8-11-4-5-13(21-11)10-3-2-9-7-14(19-15(16)20)18-12(9)6-10/h2-7,17-18H,8H2,1H3,(H3,16,19,20). The second-order valence-corrected chi connectivity index (χ2v) is 4.77. The topological polar surface area (TPSA) is 96.1 Å². The number of aromatic amines is 1. The highest BCUT2D eigenvalue weighted by molar-refractivity contribution is 5.93. The number of rotatable bonds is 4. The highest BCUT2D eigenvalue weighted by atomic mass is 16.3. The highest BCUT2D eigenvalue weighted by Gasteiger charge is 2.07. The Balaban J connectivity index is 1.93. The fourth-order valence-electron chi connectivity index (χ4n) is 2.28. The number of carbonyl (C=O) groups excluding carboxylic acids is 1. The Labute approximate surface area is 121 Å². The number of aromatic nitrogens is 1. The smallest absolute Gasteiger partial charge is 0.317 e. The molecule has 6 heteroatoms. The first-order valence-electron chi connectivity index (χ1n) is 6.58. The normalized spacial score (nSPS) is 10.9. The molecule has 0 aliphatic rings. The second kappa shape index (κ2) is 5.34. The monoisotopic (exact) mass is 284 g/mol. The molecule has 1 aromatic carbocycles. The van der Waals surface area contributed by atoms with Crippen LogP contribution >= 0.6 is 0 Å². The molecule has 0 fully saturated rings. The van der Waals surface area contributed by atoms with Gasteiger partial charge in [0.05, 0.1) is 6.54 Å². The summed E-state index contributed by atoms with van der Waals surface area (Å²) in [7, 11) is 1.88. The van der Waals surface area contributed by atoms with Gasteiger partial charge in [-0.15, -0.1) is 0 Å². The molecule has 2 aromatic heterocycles. The van der Waals surface area contributed by atoms with E-state index in [0.717, 1.165) is 28.0 Å². The first-order valence-corrected chi connectivity index (χ1v) is 6.58. The van der Waals surface area contributed by atoms with Gasteiger partial charge in [-0.05, 0) is 31.3 Å². The first kappa shape index (κ1) is 13.3. The molecule has 0 spiro atoms. The summed E-state index contributed by atoms with van der Waals surface area (Å²) in [6.45, 7) is 0.692. The van der Waals surface area contributed by atoms with E-state index in [9.17, 15) is 4.79 Å². The van der Waals surface area contributed by atoms with Crippen LogP contribution < -0.4 is 16.4 Å². The molecule has 0 aliphatic heterocycles. The Morgan fingerprint density at radius 2 is 2.14 bits per heavy atom. The summed E-state index contributed by atoms with van der Waals surface area (Å²) in [5.41, 5.74) is 6.98. The molecule has 3 rings (SSSR count). The number of hydrogen-bond donors (Lipinski definition) is 4. The van der Waals surface area contributed by atoms with E-state index >= 15 is 0 Å². The number of fused-ring (bicyclic) bond motifs is 1. The maximum absolute atomic E-state index is 10.9. The lowest BCUT2D eigenvalue weighted by Gasteiger charge is -1.98. The van der Waals surface area contributed by atoms with Crippen LogP contribution in [0.4, 0.5) is 10.6 Å². The maximum Gasteiger partial charge on any atom is 0.317 e. The Kier molecular flexibility index (Phi) is 3.37. The summed E-state index contributed by atoms with van der Waals surface area (Å²) in [5.74, 6) is 2.27. The zero-order valence-electron chi connectivity index (χ0n) is 11.6. The molecule has 6 nitrogen and oxygen atoms in total. The van der Waals surface area contributed by atoms with Crippen molar-refractivity contribution in [3.63, 3.8) is 0 Å². The zero-order valence-corrected chi connectivity index (χ0v) is 11.6. The third kappa shape index (κ3) is 2.75. The number of nitrogens with two attached hydrogens (primary N) is 1. The number of H-pyrrole nitrogens is 1. The number of nitrogens with one attached hydrogen (secondary N) is 3. The SMILES string of the molecule is CNCc1ccc(-c2ccc3cc(NC(N)=O)[nH]c3c2)o1. The maximum atomic E-state index is 10.9. The molecule has 5 N–H and O–H groups in total. The molecule has 0 saturated heterocycles. The van der Waals surface area contributed by atoms with Crippen LogP contribution in [0.25, 0.3) is 22.2 Å². The number of carbonyl (C=O) groups is 1. The van der Waals surface area contributed by atoms with E-state index in [2.05, 4.69) is 15.6 Å². The quantitative estimate of drug-likeness (QED) is 0.593. The Morgan fingerprint density at radius 3 is 2.90 bits per heavy atom. The molecule has 2 amide bonds. The van der Waals surface area contributed by atoms with Gasteiger partial charge in [0.25, 0.3) is 0 Å². The van der Waals surface area contributed by atoms with Crippen molar-refractivity contribution in [2.24, 2.45) is 5.73 Å². The van der Waals surface area contributed by atoms with Crippen molar-refractivity contribution in [3.8, 4) is 11.3 Å². The second-order valence-electron chi connectivity index (χ2n) is 4.77. The molecule has 3 aromatic rings. The number of amides is 2. The molecule has 0 atom stereocenters. The van der Waals surface area contributed by atoms with Gasteiger partial charge in [0, 0.05) is 16.5 Å². The van der Waals surface area contributed by atoms with Crippen LogP contribution in [0.5, 0.6) is 0 Å². The van der Waals surface area contributed by atoms with Crippen molar-refractivity contribution in [2.75, 3.05) is 12.4 Å². The fourth-order valence-corrected chi connectivity index (χ4v) is 2.28. The van der Waals surface area contributed by atoms with Crippen molar-refractivity contribution in [1.82, 2.24) is 10.3 Å². The third-order valence-electron chi connectivity index (χ3n) is 3.18. The summed E-state index contributed by atoms with van der Waals surface area (Å²) in [6, 6.07) is 11.1. The molecule has 0 unspecified atom stereocenters. The average Bonchev–Trinajstić information content (AvgIpc) is 3.03. The van der Waals surface area contributed by atoms with Gasteiger partial charge in [-0.1, -0.05) is 12.1 Å². The van der Waals surface area contributed by atoms with Crippen molar-refractivity contribution < 1.29 is 9.21 Å². The Hall–Kier alpha value is -2.73. The molecule has 2 heterocycles. The molecular weight excluding hydrogens is 268 g/mol. The van der Waals surface area contributed by atoms with Crippen LogP contribution in [0, 0.1) is 0 Å².